The summed E-state index contributed by atoms with van der Waals surface area (Å²) in [6.07, 6.45) is 0. The molecular formula is C44H25N5OS. The Bertz CT molecular complexity index is 3090. The molecule has 0 saturated heterocycles. The zero-order valence-electron chi connectivity index (χ0n) is 27.0. The van der Waals surface area contributed by atoms with Crippen LogP contribution in [0.1, 0.15) is 0 Å². The van der Waals surface area contributed by atoms with Crippen molar-refractivity contribution in [1.82, 2.24) is 24.5 Å². The molecular weight excluding hydrogens is 647 g/mol. The number of nitrogens with zero attached hydrogens (tertiary/aromatic N) is 5. The lowest BCUT2D eigenvalue weighted by Gasteiger charge is -2.12. The van der Waals surface area contributed by atoms with Gasteiger partial charge in [-0.25, -0.2) is 9.97 Å². The maximum atomic E-state index is 6.62. The molecule has 0 aliphatic carbocycles. The van der Waals surface area contributed by atoms with E-state index in [4.69, 9.17) is 24.4 Å². The van der Waals surface area contributed by atoms with Crippen molar-refractivity contribution in [3.05, 3.63) is 152 Å². The van der Waals surface area contributed by atoms with Crippen molar-refractivity contribution in [3.63, 3.8) is 0 Å². The van der Waals surface area contributed by atoms with Gasteiger partial charge in [-0.1, -0.05) is 109 Å². The molecule has 0 aliphatic heterocycles. The third-order valence-corrected chi connectivity index (χ3v) is 10.9. The van der Waals surface area contributed by atoms with E-state index in [9.17, 15) is 0 Å². The SMILES string of the molecule is c1ccc(-c2nc(-c3cc4ccc5nc(-c6ccccc6)oc5c4c4c3sc3ccccc34)nc(-n3c4ccccc4c4ccccc43)n2)cc1. The summed E-state index contributed by atoms with van der Waals surface area (Å²) in [6.45, 7) is 0. The highest BCUT2D eigenvalue weighted by atomic mass is 32.1. The number of hydrogen-bond donors (Lipinski definition) is 0. The van der Waals surface area contributed by atoms with Crippen LogP contribution < -0.4 is 0 Å². The number of para-hydroxylation sites is 2. The van der Waals surface area contributed by atoms with Crippen molar-refractivity contribution in [3.8, 4) is 40.2 Å². The van der Waals surface area contributed by atoms with Crippen molar-refractivity contribution in [2.45, 2.75) is 0 Å². The Morgan fingerprint density at radius 2 is 1.14 bits per heavy atom. The van der Waals surface area contributed by atoms with E-state index in [0.29, 0.717) is 23.5 Å². The second-order valence-corrected chi connectivity index (χ2v) is 13.7. The normalized spacial score (nSPS) is 11.9. The number of oxazole rings is 1. The monoisotopic (exact) mass is 671 g/mol. The molecule has 0 saturated carbocycles. The fourth-order valence-electron chi connectivity index (χ4n) is 7.40. The second kappa shape index (κ2) is 10.9. The lowest BCUT2D eigenvalue weighted by atomic mass is 9.99. The van der Waals surface area contributed by atoms with E-state index < -0.39 is 0 Å². The van der Waals surface area contributed by atoms with Gasteiger partial charge in [-0.3, -0.25) is 4.57 Å². The van der Waals surface area contributed by atoms with Crippen molar-refractivity contribution in [2.24, 2.45) is 0 Å². The predicted molar refractivity (Wildman–Crippen MR) is 208 cm³/mol. The number of rotatable bonds is 4. The first-order chi connectivity index (χ1) is 25.3. The number of fused-ring (bicyclic) bond motifs is 10. The Morgan fingerprint density at radius 1 is 0.510 bits per heavy atom. The molecule has 0 radical (unpaired) electrons. The van der Waals surface area contributed by atoms with E-state index in [1.807, 2.05) is 54.6 Å². The van der Waals surface area contributed by atoms with Gasteiger partial charge in [0.1, 0.15) is 5.52 Å². The van der Waals surface area contributed by atoms with Gasteiger partial charge in [0.15, 0.2) is 17.2 Å². The molecule has 11 aromatic rings. The van der Waals surface area contributed by atoms with Crippen molar-refractivity contribution in [1.29, 1.82) is 0 Å². The summed E-state index contributed by atoms with van der Waals surface area (Å²) in [7, 11) is 0. The number of benzene rings is 7. The van der Waals surface area contributed by atoms with Crippen LogP contribution in [0, 0.1) is 0 Å². The molecule has 51 heavy (non-hydrogen) atoms. The van der Waals surface area contributed by atoms with Crippen LogP contribution >= 0.6 is 11.3 Å². The van der Waals surface area contributed by atoms with Crippen LogP contribution in [-0.2, 0) is 0 Å². The Hall–Kier alpha value is -6.70. The Balaban J connectivity index is 1.24. The first kappa shape index (κ1) is 28.2. The zero-order chi connectivity index (χ0) is 33.5. The van der Waals surface area contributed by atoms with E-state index >= 15 is 0 Å². The zero-order valence-corrected chi connectivity index (χ0v) is 27.8. The Labute approximate surface area is 294 Å². The topological polar surface area (TPSA) is 69.6 Å². The first-order valence-corrected chi connectivity index (χ1v) is 17.6. The number of thiophene rings is 1. The third kappa shape index (κ3) is 4.28. The molecule has 0 amide bonds. The Kier molecular flexibility index (Phi) is 6.02. The van der Waals surface area contributed by atoms with Crippen LogP contribution in [0.3, 0.4) is 0 Å². The molecule has 0 N–H and O–H groups in total. The summed E-state index contributed by atoms with van der Waals surface area (Å²) < 4.78 is 11.0. The maximum Gasteiger partial charge on any atom is 0.238 e. The number of aromatic nitrogens is 5. The highest BCUT2D eigenvalue weighted by molar-refractivity contribution is 7.26. The lowest BCUT2D eigenvalue weighted by Crippen LogP contribution is -2.06. The van der Waals surface area contributed by atoms with Crippen LogP contribution in [-0.4, -0.2) is 24.5 Å². The average molecular weight is 672 g/mol. The van der Waals surface area contributed by atoms with Crippen LogP contribution in [0.5, 0.6) is 0 Å². The molecule has 4 heterocycles. The van der Waals surface area contributed by atoms with E-state index in [2.05, 4.69) is 102 Å². The van der Waals surface area contributed by atoms with Crippen LogP contribution in [0.15, 0.2) is 156 Å². The van der Waals surface area contributed by atoms with Gasteiger partial charge in [0.2, 0.25) is 11.8 Å². The van der Waals surface area contributed by atoms with Gasteiger partial charge in [-0.2, -0.15) is 9.97 Å². The summed E-state index contributed by atoms with van der Waals surface area (Å²) in [5.41, 5.74) is 6.51. The number of hydrogen-bond acceptors (Lipinski definition) is 6. The summed E-state index contributed by atoms with van der Waals surface area (Å²) in [5.74, 6) is 2.41. The largest absolute Gasteiger partial charge is 0.435 e. The predicted octanol–water partition coefficient (Wildman–Crippen LogP) is 11.6. The van der Waals surface area contributed by atoms with Gasteiger partial charge in [0.25, 0.3) is 0 Å². The lowest BCUT2D eigenvalue weighted by molar-refractivity contribution is 0.623. The van der Waals surface area contributed by atoms with Crippen molar-refractivity contribution in [2.75, 3.05) is 0 Å². The van der Waals surface area contributed by atoms with Crippen LogP contribution in [0.2, 0.25) is 0 Å². The molecule has 7 aromatic carbocycles. The average Bonchev–Trinajstić information content (AvgIpc) is 3.90. The van der Waals surface area contributed by atoms with E-state index in [0.717, 1.165) is 75.8 Å². The molecule has 11 rings (SSSR count). The molecule has 0 aliphatic rings. The summed E-state index contributed by atoms with van der Waals surface area (Å²) in [4.78, 5) is 20.6. The van der Waals surface area contributed by atoms with Gasteiger partial charge in [-0.05, 0) is 47.9 Å². The van der Waals surface area contributed by atoms with Crippen LogP contribution in [0.25, 0.3) is 104 Å². The molecule has 0 spiro atoms. The molecule has 7 heteroatoms. The smallest absolute Gasteiger partial charge is 0.238 e. The molecule has 6 nitrogen and oxygen atoms in total. The van der Waals surface area contributed by atoms with Gasteiger partial charge >= 0.3 is 0 Å². The molecule has 0 fully saturated rings. The minimum Gasteiger partial charge on any atom is -0.435 e. The molecule has 238 valence electrons. The summed E-state index contributed by atoms with van der Waals surface area (Å²) in [5, 5.41) is 6.65. The quantitative estimate of drug-likeness (QED) is 0.186. The van der Waals surface area contributed by atoms with Gasteiger partial charge < -0.3 is 4.42 Å². The summed E-state index contributed by atoms with van der Waals surface area (Å²) in [6, 6.07) is 52.0. The molecule has 0 bridgehead atoms. The minimum absolute atomic E-state index is 0.573. The van der Waals surface area contributed by atoms with Gasteiger partial charge in [0.05, 0.1) is 11.0 Å². The van der Waals surface area contributed by atoms with E-state index in [1.54, 1.807) is 11.3 Å². The molecule has 4 aromatic heterocycles. The first-order valence-electron chi connectivity index (χ1n) is 16.8. The molecule has 0 unspecified atom stereocenters. The van der Waals surface area contributed by atoms with E-state index in [1.165, 1.54) is 4.70 Å². The highest BCUT2D eigenvalue weighted by Crippen LogP contribution is 2.46. The molecule has 0 atom stereocenters. The van der Waals surface area contributed by atoms with Crippen LogP contribution in [0.4, 0.5) is 0 Å². The van der Waals surface area contributed by atoms with Crippen molar-refractivity contribution < 1.29 is 4.42 Å². The minimum atomic E-state index is 0.573. The third-order valence-electron chi connectivity index (χ3n) is 9.68. The fourth-order valence-corrected chi connectivity index (χ4v) is 8.62. The standard InChI is InChI=1S/C44H25N5OS/c1-3-13-26(14-4-1)41-46-42(48-44(47-41)49-34-20-10-7-17-29(34)30-18-8-11-21-35(30)49)32-25-28-23-24-33-39(50-43(45-33)27-15-5-2-6-16-27)37(28)38-31-19-9-12-22-36(31)51-40(32)38/h1-25H. The summed E-state index contributed by atoms with van der Waals surface area (Å²) >= 11 is 1.75. The highest BCUT2D eigenvalue weighted by Gasteiger charge is 2.23. The Morgan fingerprint density at radius 3 is 1.88 bits per heavy atom. The van der Waals surface area contributed by atoms with Gasteiger partial charge in [-0.15, -0.1) is 11.3 Å². The second-order valence-electron chi connectivity index (χ2n) is 12.6. The van der Waals surface area contributed by atoms with Gasteiger partial charge in [0, 0.05) is 53.0 Å². The van der Waals surface area contributed by atoms with E-state index in [-0.39, 0.29) is 0 Å². The fraction of sp³-hybridized carbons (Fsp3) is 0. The van der Waals surface area contributed by atoms with Crippen molar-refractivity contribution >= 4 is 75.2 Å². The maximum absolute atomic E-state index is 6.62.